The van der Waals surface area contributed by atoms with Crippen LogP contribution in [-0.4, -0.2) is 20.7 Å². The van der Waals surface area contributed by atoms with Gasteiger partial charge in [-0.1, -0.05) is 6.07 Å². The van der Waals surface area contributed by atoms with Gasteiger partial charge >= 0.3 is 0 Å². The first kappa shape index (κ1) is 13.9. The van der Waals surface area contributed by atoms with Crippen LogP contribution in [0.15, 0.2) is 30.6 Å². The van der Waals surface area contributed by atoms with Gasteiger partial charge in [0.1, 0.15) is 0 Å². The molecule has 2 rings (SSSR count). The first-order valence-electron chi connectivity index (χ1n) is 5.91. The molecule has 0 spiro atoms. The lowest BCUT2D eigenvalue weighted by Gasteiger charge is -2.13. The topological polar surface area (TPSA) is 30.7 Å². The zero-order valence-electron chi connectivity index (χ0n) is 10.5. The van der Waals surface area contributed by atoms with Crippen LogP contribution in [0.1, 0.15) is 18.9 Å². The molecule has 2 heterocycles. The molecule has 0 aliphatic heterocycles. The Morgan fingerprint density at radius 3 is 2.79 bits per heavy atom. The van der Waals surface area contributed by atoms with Crippen molar-refractivity contribution in [3.63, 3.8) is 0 Å². The van der Waals surface area contributed by atoms with Crippen molar-refractivity contribution in [3.05, 3.63) is 36.2 Å². The van der Waals surface area contributed by atoms with Crippen LogP contribution >= 0.6 is 11.6 Å². The molecule has 0 saturated carbocycles. The summed E-state index contributed by atoms with van der Waals surface area (Å²) in [6, 6.07) is 5.41. The van der Waals surface area contributed by atoms with Gasteiger partial charge in [-0.2, -0.15) is 5.10 Å². The average molecular weight is 286 g/mol. The van der Waals surface area contributed by atoms with Gasteiger partial charge in [0.15, 0.2) is 0 Å². The quantitative estimate of drug-likeness (QED) is 0.784. The van der Waals surface area contributed by atoms with Gasteiger partial charge in [-0.25, -0.2) is 8.78 Å². The van der Waals surface area contributed by atoms with Crippen molar-refractivity contribution in [2.45, 2.75) is 31.7 Å². The van der Waals surface area contributed by atoms with Crippen LogP contribution in [0, 0.1) is 0 Å². The van der Waals surface area contributed by atoms with Gasteiger partial charge in [-0.05, 0) is 24.6 Å². The van der Waals surface area contributed by atoms with E-state index in [-0.39, 0.29) is 13.0 Å². The van der Waals surface area contributed by atoms with Crippen LogP contribution in [0.2, 0.25) is 0 Å². The Labute approximate surface area is 115 Å². The second-order valence-electron chi connectivity index (χ2n) is 4.40. The number of aromatic nitrogens is 3. The van der Waals surface area contributed by atoms with Gasteiger partial charge in [0.05, 0.1) is 11.4 Å². The number of aryl methyl sites for hydroxylation is 1. The summed E-state index contributed by atoms with van der Waals surface area (Å²) in [5, 5.41) is 4.07. The molecule has 0 aliphatic rings. The minimum absolute atomic E-state index is 0.143. The highest BCUT2D eigenvalue weighted by Crippen LogP contribution is 2.24. The number of nitrogens with zero attached hydrogens (tertiary/aromatic N) is 3. The zero-order chi connectivity index (χ0) is 13.9. The largest absolute Gasteiger partial charge is 0.263 e. The summed E-state index contributed by atoms with van der Waals surface area (Å²) in [7, 11) is 0. The monoisotopic (exact) mass is 285 g/mol. The number of hydrogen-bond donors (Lipinski definition) is 0. The SMILES string of the molecule is CC(F)(F)CCn1nccc1-c1ncccc1CCl. The fraction of sp³-hybridized carbons (Fsp3) is 0.385. The minimum Gasteiger partial charge on any atom is -0.263 e. The third-order valence-corrected chi connectivity index (χ3v) is 3.04. The van der Waals surface area contributed by atoms with E-state index in [1.807, 2.05) is 6.07 Å². The summed E-state index contributed by atoms with van der Waals surface area (Å²) < 4.78 is 27.4. The molecule has 0 amide bonds. The molecular weight excluding hydrogens is 272 g/mol. The molecular formula is C13H14ClF2N3. The first-order valence-corrected chi connectivity index (χ1v) is 6.44. The van der Waals surface area contributed by atoms with Crippen molar-refractivity contribution in [2.75, 3.05) is 0 Å². The molecule has 6 heteroatoms. The van der Waals surface area contributed by atoms with Crippen LogP contribution in [0.25, 0.3) is 11.4 Å². The van der Waals surface area contributed by atoms with E-state index in [0.29, 0.717) is 17.3 Å². The summed E-state index contributed by atoms with van der Waals surface area (Å²) in [5.74, 6) is -2.39. The fourth-order valence-electron chi connectivity index (χ4n) is 1.79. The lowest BCUT2D eigenvalue weighted by Crippen LogP contribution is -2.15. The van der Waals surface area contributed by atoms with Gasteiger partial charge in [0, 0.05) is 31.2 Å². The Bertz CT molecular complexity index is 549. The number of halogens is 3. The Morgan fingerprint density at radius 1 is 1.32 bits per heavy atom. The lowest BCUT2D eigenvalue weighted by molar-refractivity contribution is 0.00792. The predicted octanol–water partition coefficient (Wildman–Crippen LogP) is 3.73. The van der Waals surface area contributed by atoms with Crippen molar-refractivity contribution in [2.24, 2.45) is 0 Å². The molecule has 0 atom stereocenters. The van der Waals surface area contributed by atoms with Crippen LogP contribution in [0.5, 0.6) is 0 Å². The maximum Gasteiger partial charge on any atom is 0.247 e. The standard InChI is InChI=1S/C13H14ClF2N3/c1-13(15,16)5-8-19-11(4-7-18-19)12-10(9-14)3-2-6-17-12/h2-4,6-7H,5,8-9H2,1H3. The molecule has 0 unspecified atom stereocenters. The van der Waals surface area contributed by atoms with Crippen molar-refractivity contribution < 1.29 is 8.78 Å². The molecule has 0 aromatic carbocycles. The number of pyridine rings is 1. The number of rotatable bonds is 5. The van der Waals surface area contributed by atoms with Gasteiger partial charge < -0.3 is 0 Å². The Kier molecular flexibility index (Phi) is 4.14. The first-order chi connectivity index (χ1) is 9.01. The highest BCUT2D eigenvalue weighted by molar-refractivity contribution is 6.17. The maximum absolute atomic E-state index is 12.9. The Hall–Kier alpha value is -1.49. The van der Waals surface area contributed by atoms with Crippen molar-refractivity contribution in [1.82, 2.24) is 14.8 Å². The molecule has 2 aromatic rings. The van der Waals surface area contributed by atoms with Crippen LogP contribution in [-0.2, 0) is 12.4 Å². The molecule has 0 aliphatic carbocycles. The Balaban J connectivity index is 2.29. The molecule has 19 heavy (non-hydrogen) atoms. The summed E-state index contributed by atoms with van der Waals surface area (Å²) in [4.78, 5) is 4.26. The maximum atomic E-state index is 12.9. The molecule has 0 saturated heterocycles. The second-order valence-corrected chi connectivity index (χ2v) is 4.67. The summed E-state index contributed by atoms with van der Waals surface area (Å²) in [5.41, 5.74) is 2.25. The van der Waals surface area contributed by atoms with Crippen molar-refractivity contribution in [3.8, 4) is 11.4 Å². The minimum atomic E-state index is -2.71. The smallest absolute Gasteiger partial charge is 0.247 e. The average Bonchev–Trinajstić information content (AvgIpc) is 2.83. The normalized spacial score (nSPS) is 11.8. The lowest BCUT2D eigenvalue weighted by atomic mass is 10.1. The van der Waals surface area contributed by atoms with Gasteiger partial charge in [-0.3, -0.25) is 9.67 Å². The van der Waals surface area contributed by atoms with Crippen LogP contribution in [0.4, 0.5) is 8.78 Å². The molecule has 0 fully saturated rings. The van der Waals surface area contributed by atoms with Crippen molar-refractivity contribution in [1.29, 1.82) is 0 Å². The summed E-state index contributed by atoms with van der Waals surface area (Å²) in [6.45, 7) is 1.05. The highest BCUT2D eigenvalue weighted by atomic mass is 35.5. The molecule has 0 N–H and O–H groups in total. The third kappa shape index (κ3) is 3.50. The number of hydrogen-bond acceptors (Lipinski definition) is 2. The van der Waals surface area contributed by atoms with Gasteiger partial charge in [0.2, 0.25) is 5.92 Å². The van der Waals surface area contributed by atoms with E-state index < -0.39 is 5.92 Å². The molecule has 0 radical (unpaired) electrons. The van der Waals surface area contributed by atoms with Crippen molar-refractivity contribution >= 4 is 11.6 Å². The third-order valence-electron chi connectivity index (χ3n) is 2.76. The summed E-state index contributed by atoms with van der Waals surface area (Å²) in [6.07, 6.45) is 2.97. The van der Waals surface area contributed by atoms with Gasteiger partial charge in [0.25, 0.3) is 0 Å². The van der Waals surface area contributed by atoms with Crippen LogP contribution in [0.3, 0.4) is 0 Å². The van der Waals surface area contributed by atoms with Gasteiger partial charge in [-0.15, -0.1) is 11.6 Å². The zero-order valence-corrected chi connectivity index (χ0v) is 11.2. The predicted molar refractivity (Wildman–Crippen MR) is 70.3 cm³/mol. The molecule has 2 aromatic heterocycles. The van der Waals surface area contributed by atoms with E-state index in [2.05, 4.69) is 10.1 Å². The number of alkyl halides is 3. The van der Waals surface area contributed by atoms with E-state index in [0.717, 1.165) is 12.5 Å². The molecule has 3 nitrogen and oxygen atoms in total. The van der Waals surface area contributed by atoms with E-state index in [1.165, 1.54) is 4.68 Å². The van der Waals surface area contributed by atoms with E-state index in [9.17, 15) is 8.78 Å². The Morgan fingerprint density at radius 2 is 2.11 bits per heavy atom. The molecule has 0 bridgehead atoms. The second kappa shape index (κ2) is 5.65. The summed E-state index contributed by atoms with van der Waals surface area (Å²) >= 11 is 5.86. The van der Waals surface area contributed by atoms with E-state index >= 15 is 0 Å². The fourth-order valence-corrected chi connectivity index (χ4v) is 2.01. The molecule has 102 valence electrons. The van der Waals surface area contributed by atoms with Crippen LogP contribution < -0.4 is 0 Å². The highest BCUT2D eigenvalue weighted by Gasteiger charge is 2.22. The van der Waals surface area contributed by atoms with E-state index in [4.69, 9.17) is 11.6 Å². The van der Waals surface area contributed by atoms with E-state index in [1.54, 1.807) is 24.5 Å².